The molecule has 0 spiro atoms. The van der Waals surface area contributed by atoms with Gasteiger partial charge in [0.25, 0.3) is 5.91 Å². The number of nitrogen functional groups attached to an aromatic ring is 1. The van der Waals surface area contributed by atoms with E-state index in [-0.39, 0.29) is 29.7 Å². The second kappa shape index (κ2) is 9.31. The SMILES string of the molecule is C[C@H]1CC[C@@H](c2nc(-c3ccc(C(=O)Nc4ccccn4)cc3)c3c(N)nccn23)CN1C(=O)C1CC1. The highest BCUT2D eigenvalue weighted by atomic mass is 16.2. The smallest absolute Gasteiger partial charge is 0.256 e. The average Bonchev–Trinajstić information content (AvgIpc) is 3.70. The van der Waals surface area contributed by atoms with Crippen LogP contribution in [0.2, 0.25) is 0 Å². The number of carbonyl (C=O) groups is 2. The third-order valence-corrected chi connectivity index (χ3v) is 7.39. The molecule has 1 aromatic carbocycles. The summed E-state index contributed by atoms with van der Waals surface area (Å²) in [4.78, 5) is 41.2. The average molecular weight is 496 g/mol. The molecule has 3 N–H and O–H groups in total. The summed E-state index contributed by atoms with van der Waals surface area (Å²) in [7, 11) is 0. The van der Waals surface area contributed by atoms with Crippen LogP contribution >= 0.6 is 0 Å². The van der Waals surface area contributed by atoms with Crippen molar-refractivity contribution in [2.75, 3.05) is 17.6 Å². The number of pyridine rings is 1. The maximum absolute atomic E-state index is 12.9. The van der Waals surface area contributed by atoms with E-state index in [2.05, 4.69) is 22.2 Å². The van der Waals surface area contributed by atoms with Crippen molar-refractivity contribution in [3.63, 3.8) is 0 Å². The highest BCUT2D eigenvalue weighted by Crippen LogP contribution is 2.38. The number of likely N-dealkylation sites (tertiary alicyclic amines) is 1. The van der Waals surface area contributed by atoms with E-state index in [1.807, 2.05) is 33.7 Å². The molecule has 9 nitrogen and oxygen atoms in total. The summed E-state index contributed by atoms with van der Waals surface area (Å²) in [6.07, 6.45) is 9.09. The molecule has 1 aliphatic carbocycles. The lowest BCUT2D eigenvalue weighted by molar-refractivity contribution is -0.136. The summed E-state index contributed by atoms with van der Waals surface area (Å²) in [5.41, 5.74) is 9.15. The molecule has 2 aliphatic rings. The fourth-order valence-corrected chi connectivity index (χ4v) is 5.17. The second-order valence-electron chi connectivity index (χ2n) is 9.98. The number of carbonyl (C=O) groups excluding carboxylic acids is 2. The second-order valence-corrected chi connectivity index (χ2v) is 9.98. The molecule has 1 aliphatic heterocycles. The molecular formula is C28H29N7O2. The van der Waals surface area contributed by atoms with Crippen LogP contribution in [0.5, 0.6) is 0 Å². The minimum atomic E-state index is -0.237. The van der Waals surface area contributed by atoms with Gasteiger partial charge >= 0.3 is 0 Å². The predicted octanol–water partition coefficient (Wildman–Crippen LogP) is 4.13. The van der Waals surface area contributed by atoms with E-state index in [0.29, 0.717) is 23.7 Å². The van der Waals surface area contributed by atoms with Gasteiger partial charge in [0, 0.05) is 54.1 Å². The first kappa shape index (κ1) is 23.1. The largest absolute Gasteiger partial charge is 0.382 e. The van der Waals surface area contributed by atoms with Crippen LogP contribution in [0.15, 0.2) is 61.1 Å². The Labute approximate surface area is 214 Å². The number of aromatic nitrogens is 4. The first-order chi connectivity index (χ1) is 18.0. The Bertz CT molecular complexity index is 1460. The zero-order chi connectivity index (χ0) is 25.5. The molecule has 4 aromatic rings. The number of anilines is 2. The van der Waals surface area contributed by atoms with Crippen molar-refractivity contribution < 1.29 is 9.59 Å². The maximum Gasteiger partial charge on any atom is 0.256 e. The molecule has 2 amide bonds. The van der Waals surface area contributed by atoms with Gasteiger partial charge in [-0.1, -0.05) is 18.2 Å². The molecule has 37 heavy (non-hydrogen) atoms. The Hall–Kier alpha value is -4.27. The highest BCUT2D eigenvalue weighted by Gasteiger charge is 2.39. The molecule has 6 rings (SSSR count). The van der Waals surface area contributed by atoms with Gasteiger partial charge in [0.05, 0.1) is 0 Å². The summed E-state index contributed by atoms with van der Waals surface area (Å²) < 4.78 is 2.01. The lowest BCUT2D eigenvalue weighted by Crippen LogP contribution is -2.45. The first-order valence-electron chi connectivity index (χ1n) is 12.8. The zero-order valence-corrected chi connectivity index (χ0v) is 20.7. The number of nitrogens with two attached hydrogens (primary N) is 1. The van der Waals surface area contributed by atoms with Crippen molar-refractivity contribution in [3.05, 3.63) is 72.4 Å². The number of fused-ring (bicyclic) bond motifs is 1. The van der Waals surface area contributed by atoms with Gasteiger partial charge in [-0.15, -0.1) is 0 Å². The number of hydrogen-bond donors (Lipinski definition) is 2. The van der Waals surface area contributed by atoms with E-state index in [1.165, 1.54) is 0 Å². The third kappa shape index (κ3) is 4.41. The van der Waals surface area contributed by atoms with Crippen molar-refractivity contribution in [3.8, 4) is 11.3 Å². The van der Waals surface area contributed by atoms with E-state index in [0.717, 1.165) is 48.3 Å². The van der Waals surface area contributed by atoms with Gasteiger partial charge < -0.3 is 16.0 Å². The number of hydrogen-bond acceptors (Lipinski definition) is 6. The van der Waals surface area contributed by atoms with Crippen LogP contribution in [0.25, 0.3) is 16.8 Å². The third-order valence-electron chi connectivity index (χ3n) is 7.39. The molecule has 9 heteroatoms. The van der Waals surface area contributed by atoms with E-state index >= 15 is 0 Å². The van der Waals surface area contributed by atoms with E-state index in [9.17, 15) is 9.59 Å². The lowest BCUT2D eigenvalue weighted by atomic mass is 9.92. The Morgan fingerprint density at radius 3 is 2.54 bits per heavy atom. The Balaban J connectivity index is 1.31. The maximum atomic E-state index is 12.9. The number of rotatable bonds is 5. The normalized spacial score (nSPS) is 19.6. The summed E-state index contributed by atoms with van der Waals surface area (Å²) >= 11 is 0. The molecule has 2 atom stereocenters. The number of amides is 2. The molecule has 0 bridgehead atoms. The molecular weight excluding hydrogens is 466 g/mol. The van der Waals surface area contributed by atoms with Crippen molar-refractivity contribution in [2.45, 2.75) is 44.6 Å². The minimum absolute atomic E-state index is 0.102. The topological polar surface area (TPSA) is 119 Å². The quantitative estimate of drug-likeness (QED) is 0.430. The van der Waals surface area contributed by atoms with Crippen molar-refractivity contribution in [1.82, 2.24) is 24.3 Å². The van der Waals surface area contributed by atoms with Gasteiger partial charge in [0.1, 0.15) is 28.7 Å². The minimum Gasteiger partial charge on any atom is -0.382 e. The highest BCUT2D eigenvalue weighted by molar-refractivity contribution is 6.04. The monoisotopic (exact) mass is 495 g/mol. The van der Waals surface area contributed by atoms with Crippen LogP contribution in [-0.2, 0) is 4.79 Å². The van der Waals surface area contributed by atoms with Gasteiger partial charge in [-0.25, -0.2) is 15.0 Å². The number of imidazole rings is 1. The molecule has 4 heterocycles. The number of nitrogens with one attached hydrogen (secondary N) is 1. The summed E-state index contributed by atoms with van der Waals surface area (Å²) in [5, 5.41) is 2.80. The molecule has 1 saturated carbocycles. The zero-order valence-electron chi connectivity index (χ0n) is 20.7. The fraction of sp³-hybridized carbons (Fsp3) is 0.321. The number of piperidine rings is 1. The van der Waals surface area contributed by atoms with E-state index in [4.69, 9.17) is 10.7 Å². The number of nitrogens with zero attached hydrogens (tertiary/aromatic N) is 5. The molecule has 188 valence electrons. The molecule has 3 aromatic heterocycles. The van der Waals surface area contributed by atoms with Crippen LogP contribution in [0.4, 0.5) is 11.6 Å². The molecule has 0 radical (unpaired) electrons. The molecule has 0 unspecified atom stereocenters. The Morgan fingerprint density at radius 2 is 1.81 bits per heavy atom. The number of benzene rings is 1. The van der Waals surface area contributed by atoms with Crippen LogP contribution in [0.3, 0.4) is 0 Å². The standard InChI is InChI=1S/C28H29N7O2/c1-17-5-6-21(16-35(17)28(37)20-11-12-20)26-33-23(24-25(29)31-14-15-34(24)26)18-7-9-19(10-8-18)27(36)32-22-4-2-3-13-30-22/h2-4,7-10,13-15,17,20-21H,5-6,11-12,16H2,1H3,(H2,29,31)(H,30,32,36)/t17-,21+/m0/s1. The van der Waals surface area contributed by atoms with Crippen molar-refractivity contribution in [2.24, 2.45) is 5.92 Å². The predicted molar refractivity (Wildman–Crippen MR) is 141 cm³/mol. The van der Waals surface area contributed by atoms with Gasteiger partial charge in [0.2, 0.25) is 5.91 Å². The fourth-order valence-electron chi connectivity index (χ4n) is 5.17. The molecule has 1 saturated heterocycles. The molecule has 2 fully saturated rings. The van der Waals surface area contributed by atoms with Crippen molar-refractivity contribution in [1.29, 1.82) is 0 Å². The van der Waals surface area contributed by atoms with Crippen LogP contribution < -0.4 is 11.1 Å². The Kier molecular flexibility index (Phi) is 5.82. The Morgan fingerprint density at radius 1 is 1.00 bits per heavy atom. The van der Waals surface area contributed by atoms with Crippen molar-refractivity contribution >= 4 is 29.0 Å². The van der Waals surface area contributed by atoms with Gasteiger partial charge in [0.15, 0.2) is 0 Å². The van der Waals surface area contributed by atoms with Gasteiger partial charge in [-0.2, -0.15) is 0 Å². The lowest BCUT2D eigenvalue weighted by Gasteiger charge is -2.37. The van der Waals surface area contributed by atoms with E-state index < -0.39 is 0 Å². The summed E-state index contributed by atoms with van der Waals surface area (Å²) in [6, 6.07) is 12.9. The van der Waals surface area contributed by atoms with Gasteiger partial charge in [-0.05, 0) is 56.9 Å². The summed E-state index contributed by atoms with van der Waals surface area (Å²) in [6.45, 7) is 2.79. The van der Waals surface area contributed by atoms with Crippen LogP contribution in [-0.4, -0.2) is 48.7 Å². The first-order valence-corrected chi connectivity index (χ1v) is 12.8. The van der Waals surface area contributed by atoms with Gasteiger partial charge in [-0.3, -0.25) is 14.0 Å². The van der Waals surface area contributed by atoms with E-state index in [1.54, 1.807) is 36.7 Å². The summed E-state index contributed by atoms with van der Waals surface area (Å²) in [5.74, 6) is 2.11. The van der Waals surface area contributed by atoms with Crippen LogP contribution in [0, 0.1) is 5.92 Å². The van der Waals surface area contributed by atoms with Crippen LogP contribution in [0.1, 0.15) is 54.7 Å².